The van der Waals surface area contributed by atoms with Crippen molar-refractivity contribution < 1.29 is 28.2 Å². The Bertz CT molecular complexity index is 1050. The number of unbranched alkanes of at least 4 members (excludes halogenated alkanes) is 1. The number of hydrogen-bond donors (Lipinski definition) is 4. The van der Waals surface area contributed by atoms with Gasteiger partial charge in [-0.3, -0.25) is 19.3 Å². The molecule has 0 aromatic heterocycles. The molecule has 4 N–H and O–H groups in total. The fourth-order valence-electron chi connectivity index (χ4n) is 4.61. The molecule has 1 fully saturated rings. The summed E-state index contributed by atoms with van der Waals surface area (Å²) in [4.78, 5) is 36.4. The van der Waals surface area contributed by atoms with Gasteiger partial charge in [-0.25, -0.2) is 5.09 Å². The Labute approximate surface area is 290 Å². The third-order valence-corrected chi connectivity index (χ3v) is 8.35. The van der Waals surface area contributed by atoms with Crippen LogP contribution in [0.3, 0.4) is 0 Å². The van der Waals surface area contributed by atoms with Gasteiger partial charge >= 0.3 is 0 Å². The molecule has 1 aliphatic rings. The van der Waals surface area contributed by atoms with Crippen LogP contribution in [-0.4, -0.2) is 82.4 Å². The lowest BCUT2D eigenvalue weighted by Gasteiger charge is -2.24. The Morgan fingerprint density at radius 2 is 1.54 bits per heavy atom. The molecule has 1 aliphatic heterocycles. The molecule has 0 radical (unpaired) electrons. The topological polar surface area (TPSA) is 130 Å². The summed E-state index contributed by atoms with van der Waals surface area (Å²) in [6.45, 7) is 7.03. The first kappa shape index (κ1) is 43.1. The van der Waals surface area contributed by atoms with Gasteiger partial charge in [-0.15, -0.1) is 0 Å². The molecule has 0 bridgehead atoms. The van der Waals surface area contributed by atoms with E-state index < -0.39 is 14.8 Å². The van der Waals surface area contributed by atoms with Gasteiger partial charge in [-0.2, -0.15) is 0 Å². The molecular weight excluding hydrogens is 629 g/mol. The van der Waals surface area contributed by atoms with E-state index >= 15 is 0 Å². The third kappa shape index (κ3) is 22.6. The lowest BCUT2D eigenvalue weighted by Crippen LogP contribution is -2.34. The van der Waals surface area contributed by atoms with E-state index in [1.165, 1.54) is 24.2 Å². The summed E-state index contributed by atoms with van der Waals surface area (Å²) in [5.41, 5.74) is 0. The van der Waals surface area contributed by atoms with Crippen LogP contribution >= 0.6 is 8.53 Å². The molecule has 270 valence electrons. The Hall–Kier alpha value is -2.92. The third-order valence-electron chi connectivity index (χ3n) is 7.16. The van der Waals surface area contributed by atoms with Crippen LogP contribution in [-0.2, 0) is 28.2 Å². The van der Waals surface area contributed by atoms with E-state index in [2.05, 4.69) is 88.7 Å². The monoisotopic (exact) mass is 689 g/mol. The molecule has 1 rings (SSSR count). The summed E-state index contributed by atoms with van der Waals surface area (Å²) in [5.74, 6) is -0.149. The quantitative estimate of drug-likeness (QED) is 0.0276. The van der Waals surface area contributed by atoms with Crippen molar-refractivity contribution >= 4 is 26.8 Å². The number of carbonyl (C=O) groups is 3. The average molecular weight is 690 g/mol. The Kier molecular flexibility index (Phi) is 27.1. The maximum absolute atomic E-state index is 12.1. The highest BCUT2D eigenvalue weighted by atomic mass is 31.2. The van der Waals surface area contributed by atoms with Crippen LogP contribution in [0.25, 0.3) is 0 Å². The lowest BCUT2D eigenvalue weighted by molar-refractivity contribution is -0.129. The van der Waals surface area contributed by atoms with Crippen LogP contribution in [0, 0.1) is 5.92 Å². The van der Waals surface area contributed by atoms with Crippen molar-refractivity contribution in [2.45, 2.75) is 84.0 Å². The van der Waals surface area contributed by atoms with Gasteiger partial charge in [-0.05, 0) is 51.4 Å². The lowest BCUT2D eigenvalue weighted by atomic mass is 10.1. The molecule has 0 aromatic rings. The van der Waals surface area contributed by atoms with Gasteiger partial charge < -0.3 is 29.7 Å². The van der Waals surface area contributed by atoms with Gasteiger partial charge in [0, 0.05) is 65.0 Å². The highest BCUT2D eigenvalue weighted by Crippen LogP contribution is 2.35. The summed E-state index contributed by atoms with van der Waals surface area (Å²) in [6.07, 6.45) is 32.5. The minimum Gasteiger partial charge on any atom is -0.356 e. The smallest absolute Gasteiger partial charge is 0.255 e. The number of nitrogens with one attached hydrogen (secondary N) is 4. The number of amides is 3. The zero-order chi connectivity index (χ0) is 35.1. The molecule has 1 heterocycles. The maximum Gasteiger partial charge on any atom is 0.255 e. The van der Waals surface area contributed by atoms with Gasteiger partial charge in [0.1, 0.15) is 6.23 Å². The normalized spacial score (nSPS) is 19.1. The fraction of sp³-hybridized carbons (Fsp3) is 0.583. The van der Waals surface area contributed by atoms with Crippen LogP contribution < -0.4 is 21.0 Å². The molecule has 12 heteroatoms. The van der Waals surface area contributed by atoms with Crippen molar-refractivity contribution in [2.75, 3.05) is 46.9 Å². The van der Waals surface area contributed by atoms with E-state index in [0.29, 0.717) is 52.0 Å². The summed E-state index contributed by atoms with van der Waals surface area (Å²) in [6, 6.07) is 0. The largest absolute Gasteiger partial charge is 0.356 e. The first-order valence-corrected chi connectivity index (χ1v) is 18.3. The van der Waals surface area contributed by atoms with E-state index in [4.69, 9.17) is 13.8 Å². The van der Waals surface area contributed by atoms with E-state index in [0.717, 1.165) is 44.9 Å². The summed E-state index contributed by atoms with van der Waals surface area (Å²) in [5, 5.41) is 12.0. The predicted molar refractivity (Wildman–Crippen MR) is 196 cm³/mol. The van der Waals surface area contributed by atoms with Crippen molar-refractivity contribution in [1.82, 2.24) is 25.9 Å². The number of likely N-dealkylation sites (N-methyl/N-ethyl adjacent to an activating group) is 1. The first-order valence-electron chi connectivity index (χ1n) is 17.2. The Morgan fingerprint density at radius 3 is 2.15 bits per heavy atom. The van der Waals surface area contributed by atoms with Crippen molar-refractivity contribution in [1.29, 1.82) is 0 Å². The van der Waals surface area contributed by atoms with Crippen LogP contribution in [0.4, 0.5) is 0 Å². The number of allylic oxidation sites excluding steroid dienone is 10. The maximum atomic E-state index is 12.1. The zero-order valence-electron chi connectivity index (χ0n) is 29.5. The number of nitrogens with zero attached hydrogens (tertiary/aromatic N) is 1. The zero-order valence-corrected chi connectivity index (χ0v) is 30.4. The van der Waals surface area contributed by atoms with Crippen molar-refractivity contribution in [3.05, 3.63) is 73.0 Å². The molecular formula is C36H60N5O6P. The highest BCUT2D eigenvalue weighted by molar-refractivity contribution is 7.44. The Balaban J connectivity index is 2.04. The highest BCUT2D eigenvalue weighted by Gasteiger charge is 2.36. The minimum absolute atomic E-state index is 0.0722. The van der Waals surface area contributed by atoms with Gasteiger partial charge in [0.05, 0.1) is 12.7 Å². The summed E-state index contributed by atoms with van der Waals surface area (Å²) < 4.78 is 17.3. The second-order valence-electron chi connectivity index (χ2n) is 11.2. The number of ether oxygens (including phenoxy) is 1. The van der Waals surface area contributed by atoms with Crippen LogP contribution in [0.1, 0.15) is 71.6 Å². The SMILES string of the molecule is CC/C=C\C/C=C\C/C=C\C/C=C\C/C=C\CCCC(=O)NCCNCCNP(OC)OCC1CC(C)C(N(C=O)/C=C\C(=O)NC)O1. The molecule has 0 aromatic carbocycles. The van der Waals surface area contributed by atoms with Crippen LogP contribution in [0.5, 0.6) is 0 Å². The molecule has 0 saturated carbocycles. The van der Waals surface area contributed by atoms with Gasteiger partial charge in [0.25, 0.3) is 8.53 Å². The molecule has 0 spiro atoms. The van der Waals surface area contributed by atoms with Crippen molar-refractivity contribution in [2.24, 2.45) is 5.92 Å². The molecule has 4 unspecified atom stereocenters. The summed E-state index contributed by atoms with van der Waals surface area (Å²) in [7, 11) is 1.81. The van der Waals surface area contributed by atoms with Crippen molar-refractivity contribution in [3.63, 3.8) is 0 Å². The molecule has 4 atom stereocenters. The number of rotatable bonds is 28. The molecule has 3 amide bonds. The number of hydrogen-bond acceptors (Lipinski definition) is 8. The predicted octanol–water partition coefficient (Wildman–Crippen LogP) is 5.56. The average Bonchev–Trinajstić information content (AvgIpc) is 3.46. The van der Waals surface area contributed by atoms with E-state index in [1.807, 2.05) is 6.92 Å². The molecule has 0 aliphatic carbocycles. The van der Waals surface area contributed by atoms with Gasteiger partial charge in [-0.1, -0.05) is 74.6 Å². The standard InChI is InChI=1S/C36H60N5O6P/c1-5-6-7-8-9-10-11-12-13-14-15-16-17-18-19-20-21-22-35(44)39-26-24-38-25-27-40-48(45-4)46-30-33-29-32(2)36(47-33)41(31-42)28-23-34(43)37-3/h6-7,9-10,12-13,15-16,18-19,23,28,31-33,36,38,40H,5,8,11,14,17,20-22,24-27,29-30H2,1-4H3,(H,37,43)(H,39,44)/b7-6-,10-9-,13-12-,16-15-,19-18-,28-23-. The Morgan fingerprint density at radius 1 is 0.917 bits per heavy atom. The van der Waals surface area contributed by atoms with Crippen LogP contribution in [0.15, 0.2) is 73.0 Å². The molecule has 11 nitrogen and oxygen atoms in total. The van der Waals surface area contributed by atoms with Gasteiger partial charge in [0.15, 0.2) is 0 Å². The van der Waals surface area contributed by atoms with Crippen molar-refractivity contribution in [3.8, 4) is 0 Å². The minimum atomic E-state index is -1.30. The van der Waals surface area contributed by atoms with E-state index in [-0.39, 0.29) is 23.8 Å². The second kappa shape index (κ2) is 30.2. The van der Waals surface area contributed by atoms with E-state index in [1.54, 1.807) is 7.11 Å². The molecule has 48 heavy (non-hydrogen) atoms. The summed E-state index contributed by atoms with van der Waals surface area (Å²) >= 11 is 0. The second-order valence-corrected chi connectivity index (χ2v) is 12.6. The van der Waals surface area contributed by atoms with Crippen LogP contribution in [0.2, 0.25) is 0 Å². The number of carbonyl (C=O) groups excluding carboxylic acids is 3. The van der Waals surface area contributed by atoms with E-state index in [9.17, 15) is 14.4 Å². The first-order chi connectivity index (χ1) is 23.4. The fourth-order valence-corrected chi connectivity index (χ4v) is 5.53. The van der Waals surface area contributed by atoms with Gasteiger partial charge in [0.2, 0.25) is 18.2 Å². The molecule has 1 saturated heterocycles.